The normalized spacial score (nSPS) is 28.5. The summed E-state index contributed by atoms with van der Waals surface area (Å²) in [4.78, 5) is 2.69. The second kappa shape index (κ2) is 6.06. The maximum atomic E-state index is 3.94. The molecular weight excluding hydrogens is 232 g/mol. The Labute approximate surface area is 117 Å². The first-order chi connectivity index (χ1) is 9.36. The van der Waals surface area contributed by atoms with Gasteiger partial charge in [0.2, 0.25) is 0 Å². The van der Waals surface area contributed by atoms with Crippen LogP contribution in [0.1, 0.15) is 38.2 Å². The zero-order chi connectivity index (χ0) is 13.1. The molecule has 2 fully saturated rings. The lowest BCUT2D eigenvalue weighted by Gasteiger charge is -2.26. The van der Waals surface area contributed by atoms with Crippen molar-refractivity contribution >= 4 is 0 Å². The van der Waals surface area contributed by atoms with Crippen molar-refractivity contribution in [1.82, 2.24) is 10.2 Å². The average molecular weight is 258 g/mol. The topological polar surface area (TPSA) is 15.3 Å². The number of nitrogens with zero attached hydrogens (tertiary/aromatic N) is 1. The highest BCUT2D eigenvalue weighted by Gasteiger charge is 2.37. The molecule has 0 aliphatic carbocycles. The van der Waals surface area contributed by atoms with Gasteiger partial charge in [-0.15, -0.1) is 0 Å². The first-order valence-corrected chi connectivity index (χ1v) is 7.91. The molecule has 104 valence electrons. The van der Waals surface area contributed by atoms with Crippen molar-refractivity contribution in [2.24, 2.45) is 0 Å². The summed E-state index contributed by atoms with van der Waals surface area (Å²) in [7, 11) is 0. The van der Waals surface area contributed by atoms with E-state index in [4.69, 9.17) is 0 Å². The van der Waals surface area contributed by atoms with Gasteiger partial charge in [-0.2, -0.15) is 0 Å². The molecule has 2 aliphatic heterocycles. The van der Waals surface area contributed by atoms with Gasteiger partial charge < -0.3 is 5.32 Å². The molecule has 0 radical (unpaired) electrons. The van der Waals surface area contributed by atoms with Crippen LogP contribution in [-0.4, -0.2) is 36.1 Å². The highest BCUT2D eigenvalue weighted by atomic mass is 15.2. The number of benzene rings is 1. The van der Waals surface area contributed by atoms with Crippen LogP contribution in [0.2, 0.25) is 0 Å². The maximum Gasteiger partial charge on any atom is 0.0250 e. The monoisotopic (exact) mass is 258 g/mol. The third kappa shape index (κ3) is 3.01. The molecule has 1 aromatic carbocycles. The molecule has 2 heteroatoms. The molecule has 0 saturated carbocycles. The summed E-state index contributed by atoms with van der Waals surface area (Å²) in [5.41, 5.74) is 1.46. The molecule has 19 heavy (non-hydrogen) atoms. The highest BCUT2D eigenvalue weighted by molar-refractivity contribution is 5.16. The maximum absolute atomic E-state index is 3.94. The van der Waals surface area contributed by atoms with Gasteiger partial charge in [0, 0.05) is 24.7 Å². The van der Waals surface area contributed by atoms with Gasteiger partial charge in [-0.05, 0) is 44.2 Å². The Bertz CT molecular complexity index is 390. The van der Waals surface area contributed by atoms with Crippen LogP contribution < -0.4 is 5.32 Å². The third-order valence-electron chi connectivity index (χ3n) is 4.87. The summed E-state index contributed by atoms with van der Waals surface area (Å²) >= 11 is 0. The van der Waals surface area contributed by atoms with Crippen LogP contribution in [0, 0.1) is 0 Å². The molecule has 0 bridgehead atoms. The molecular formula is C17H26N2. The Kier molecular flexibility index (Phi) is 4.19. The van der Waals surface area contributed by atoms with Crippen LogP contribution in [0.5, 0.6) is 0 Å². The van der Waals surface area contributed by atoms with E-state index in [0.717, 1.165) is 12.1 Å². The van der Waals surface area contributed by atoms with Gasteiger partial charge >= 0.3 is 0 Å². The first-order valence-electron chi connectivity index (χ1n) is 7.91. The fourth-order valence-electron chi connectivity index (χ4n) is 3.80. The molecule has 1 N–H and O–H groups in total. The molecule has 2 saturated heterocycles. The van der Waals surface area contributed by atoms with Crippen LogP contribution >= 0.6 is 0 Å². The molecule has 2 nitrogen and oxygen atoms in total. The van der Waals surface area contributed by atoms with Gasteiger partial charge in [-0.3, -0.25) is 4.90 Å². The minimum absolute atomic E-state index is 0.632. The smallest absolute Gasteiger partial charge is 0.0250 e. The van der Waals surface area contributed by atoms with Gasteiger partial charge in [0.05, 0.1) is 0 Å². The number of nitrogens with one attached hydrogen (secondary N) is 1. The number of rotatable bonds is 5. The van der Waals surface area contributed by atoms with Crippen molar-refractivity contribution in [3.63, 3.8) is 0 Å². The first kappa shape index (κ1) is 13.1. The van der Waals surface area contributed by atoms with E-state index in [1.807, 2.05) is 0 Å². The standard InChI is InChI=1S/C17H26N2/c1-2-15(13-14-7-4-3-5-8-14)18-16-10-12-19-11-6-9-17(16)19/h3-5,7-8,15-18H,2,6,9-13H2,1H3. The van der Waals surface area contributed by atoms with E-state index in [1.54, 1.807) is 0 Å². The van der Waals surface area contributed by atoms with Crippen molar-refractivity contribution < 1.29 is 0 Å². The zero-order valence-electron chi connectivity index (χ0n) is 12.0. The highest BCUT2D eigenvalue weighted by Crippen LogP contribution is 2.28. The summed E-state index contributed by atoms with van der Waals surface area (Å²) in [5.74, 6) is 0. The van der Waals surface area contributed by atoms with Crippen LogP contribution in [0.25, 0.3) is 0 Å². The van der Waals surface area contributed by atoms with E-state index >= 15 is 0 Å². The fourth-order valence-corrected chi connectivity index (χ4v) is 3.80. The van der Waals surface area contributed by atoms with Crippen LogP contribution in [0.4, 0.5) is 0 Å². The molecule has 0 aromatic heterocycles. The molecule has 3 atom stereocenters. The van der Waals surface area contributed by atoms with E-state index in [1.165, 1.54) is 50.8 Å². The molecule has 3 unspecified atom stereocenters. The van der Waals surface area contributed by atoms with E-state index in [-0.39, 0.29) is 0 Å². The number of hydrogen-bond donors (Lipinski definition) is 1. The van der Waals surface area contributed by atoms with Crippen LogP contribution in [0.15, 0.2) is 30.3 Å². The SMILES string of the molecule is CCC(Cc1ccccc1)NC1CCN2CCCC12. The Morgan fingerprint density at radius 2 is 2.05 bits per heavy atom. The lowest BCUT2D eigenvalue weighted by atomic mass is 10.00. The molecule has 0 spiro atoms. The average Bonchev–Trinajstić information content (AvgIpc) is 3.04. The molecule has 2 aliphatic rings. The van der Waals surface area contributed by atoms with Crippen molar-refractivity contribution in [3.05, 3.63) is 35.9 Å². The van der Waals surface area contributed by atoms with E-state index in [0.29, 0.717) is 6.04 Å². The predicted octanol–water partition coefficient (Wildman–Crippen LogP) is 2.83. The summed E-state index contributed by atoms with van der Waals surface area (Å²) in [5, 5.41) is 3.94. The Balaban J connectivity index is 1.58. The summed E-state index contributed by atoms with van der Waals surface area (Å²) in [6.45, 7) is 4.95. The van der Waals surface area contributed by atoms with Gasteiger partial charge in [0.1, 0.15) is 0 Å². The molecule has 0 amide bonds. The van der Waals surface area contributed by atoms with Gasteiger partial charge in [-0.25, -0.2) is 0 Å². The zero-order valence-corrected chi connectivity index (χ0v) is 12.0. The Morgan fingerprint density at radius 1 is 1.21 bits per heavy atom. The molecule has 3 rings (SSSR count). The number of fused-ring (bicyclic) bond motifs is 1. The Morgan fingerprint density at radius 3 is 2.84 bits per heavy atom. The van der Waals surface area contributed by atoms with E-state index in [2.05, 4.69) is 47.5 Å². The molecule has 2 heterocycles. The van der Waals surface area contributed by atoms with Crippen molar-refractivity contribution in [1.29, 1.82) is 0 Å². The van der Waals surface area contributed by atoms with Gasteiger partial charge in [0.15, 0.2) is 0 Å². The third-order valence-corrected chi connectivity index (χ3v) is 4.87. The van der Waals surface area contributed by atoms with Crippen molar-refractivity contribution in [3.8, 4) is 0 Å². The van der Waals surface area contributed by atoms with Crippen molar-refractivity contribution in [2.75, 3.05) is 13.1 Å². The van der Waals surface area contributed by atoms with Gasteiger partial charge in [0.25, 0.3) is 0 Å². The number of hydrogen-bond acceptors (Lipinski definition) is 2. The van der Waals surface area contributed by atoms with Crippen molar-refractivity contribution in [2.45, 2.75) is 57.2 Å². The minimum Gasteiger partial charge on any atom is -0.309 e. The quantitative estimate of drug-likeness (QED) is 0.873. The molecule has 1 aromatic rings. The fraction of sp³-hybridized carbons (Fsp3) is 0.647. The predicted molar refractivity (Wildman–Crippen MR) is 80.4 cm³/mol. The Hall–Kier alpha value is -0.860. The summed E-state index contributed by atoms with van der Waals surface area (Å²) in [6, 6.07) is 13.1. The van der Waals surface area contributed by atoms with Crippen LogP contribution in [0.3, 0.4) is 0 Å². The van der Waals surface area contributed by atoms with E-state index < -0.39 is 0 Å². The lowest BCUT2D eigenvalue weighted by Crippen LogP contribution is -2.45. The van der Waals surface area contributed by atoms with E-state index in [9.17, 15) is 0 Å². The minimum atomic E-state index is 0.632. The summed E-state index contributed by atoms with van der Waals surface area (Å²) < 4.78 is 0. The van der Waals surface area contributed by atoms with Gasteiger partial charge in [-0.1, -0.05) is 37.3 Å². The lowest BCUT2D eigenvalue weighted by molar-refractivity contribution is 0.286. The summed E-state index contributed by atoms with van der Waals surface area (Å²) in [6.07, 6.45) is 6.53. The largest absolute Gasteiger partial charge is 0.309 e. The second-order valence-electron chi connectivity index (χ2n) is 6.10. The second-order valence-corrected chi connectivity index (χ2v) is 6.10. The van der Waals surface area contributed by atoms with Crippen LogP contribution in [-0.2, 0) is 6.42 Å².